The van der Waals surface area contributed by atoms with E-state index in [9.17, 15) is 10.1 Å². The summed E-state index contributed by atoms with van der Waals surface area (Å²) in [5.74, 6) is 0. The van der Waals surface area contributed by atoms with Gasteiger partial charge in [0.2, 0.25) is 0 Å². The number of aryl methyl sites for hydroxylation is 1. The number of nitro groups is 1. The first kappa shape index (κ1) is 17.1. The van der Waals surface area contributed by atoms with Crippen LogP contribution in [0.3, 0.4) is 0 Å². The monoisotopic (exact) mass is 380 g/mol. The molecule has 0 fully saturated rings. The number of benzene rings is 3. The van der Waals surface area contributed by atoms with Crippen molar-refractivity contribution in [1.82, 2.24) is 4.40 Å². The van der Waals surface area contributed by atoms with Gasteiger partial charge in [-0.3, -0.25) is 10.1 Å². The second-order valence-corrected chi connectivity index (χ2v) is 7.04. The molecule has 5 heteroatoms. The van der Waals surface area contributed by atoms with Crippen molar-refractivity contribution in [1.29, 1.82) is 0 Å². The molecular weight excluding hydrogens is 362 g/mol. The van der Waals surface area contributed by atoms with Crippen LogP contribution in [-0.4, -0.2) is 9.32 Å². The van der Waals surface area contributed by atoms with Crippen molar-refractivity contribution in [3.05, 3.63) is 101 Å². The van der Waals surface area contributed by atoms with E-state index in [2.05, 4.69) is 39.4 Å². The Morgan fingerprint density at radius 1 is 0.828 bits per heavy atom. The van der Waals surface area contributed by atoms with Gasteiger partial charge >= 0.3 is 0 Å². The van der Waals surface area contributed by atoms with Crippen LogP contribution in [0.5, 0.6) is 0 Å². The van der Waals surface area contributed by atoms with E-state index in [1.54, 1.807) is 12.1 Å². The zero-order chi connectivity index (χ0) is 20.0. The molecule has 3 aromatic carbocycles. The van der Waals surface area contributed by atoms with Crippen molar-refractivity contribution in [2.75, 3.05) is 0 Å². The summed E-state index contributed by atoms with van der Waals surface area (Å²) in [6.07, 6.45) is 4.12. The maximum atomic E-state index is 11.1. The summed E-state index contributed by atoms with van der Waals surface area (Å²) in [4.78, 5) is 10.8. The van der Waals surface area contributed by atoms with Gasteiger partial charge in [-0.2, -0.15) is 4.40 Å². The molecule has 2 aromatic heterocycles. The van der Waals surface area contributed by atoms with E-state index < -0.39 is 0 Å². The molecule has 0 saturated carbocycles. The third kappa shape index (κ3) is 2.67. The number of imidazole rings is 1. The Morgan fingerprint density at radius 2 is 1.48 bits per heavy atom. The topological polar surface area (TPSA) is 51.4 Å². The van der Waals surface area contributed by atoms with Crippen molar-refractivity contribution >= 4 is 22.2 Å². The summed E-state index contributed by atoms with van der Waals surface area (Å²) in [7, 11) is 2.04. The Hall–Kier alpha value is -3.99. The molecule has 0 N–H and O–H groups in total. The number of nitrogens with zero attached hydrogens (tertiary/aromatic N) is 3. The minimum absolute atomic E-state index is 0.0913. The number of nitro benzene ring substituents is 1. The largest absolute Gasteiger partial charge is 0.295 e. The number of hydrogen-bond acceptors (Lipinski definition) is 2. The molecule has 5 aromatic rings. The zero-order valence-electron chi connectivity index (χ0n) is 15.8. The average molecular weight is 380 g/mol. The fourth-order valence-corrected chi connectivity index (χ4v) is 4.04. The van der Waals surface area contributed by atoms with Crippen LogP contribution in [0.2, 0.25) is 0 Å². The predicted octanol–water partition coefficient (Wildman–Crippen LogP) is 5.16. The van der Waals surface area contributed by atoms with E-state index in [0.29, 0.717) is 0 Å². The molecule has 0 saturated heterocycles. The van der Waals surface area contributed by atoms with Crippen LogP contribution >= 0.6 is 0 Å². The smallest absolute Gasteiger partial charge is 0.258 e. The van der Waals surface area contributed by atoms with Crippen LogP contribution in [0.4, 0.5) is 5.69 Å². The molecule has 0 aliphatic heterocycles. The maximum Gasteiger partial charge on any atom is 0.295 e. The molecule has 0 bridgehead atoms. The normalized spacial score (nSPS) is 11.2. The van der Waals surface area contributed by atoms with Gasteiger partial charge in [-0.15, -0.1) is 0 Å². The van der Waals surface area contributed by atoms with Gasteiger partial charge in [0.1, 0.15) is 17.9 Å². The Labute approximate surface area is 167 Å². The predicted molar refractivity (Wildman–Crippen MR) is 114 cm³/mol. The van der Waals surface area contributed by atoms with Crippen LogP contribution in [0.1, 0.15) is 0 Å². The van der Waals surface area contributed by atoms with Crippen LogP contribution in [0.25, 0.3) is 38.8 Å². The number of hydrogen-bond donors (Lipinski definition) is 0. The number of pyridine rings is 1. The highest BCUT2D eigenvalue weighted by Crippen LogP contribution is 2.40. The van der Waals surface area contributed by atoms with Gasteiger partial charge < -0.3 is 0 Å². The highest BCUT2D eigenvalue weighted by atomic mass is 16.6. The van der Waals surface area contributed by atoms with Crippen LogP contribution in [0.15, 0.2) is 91.3 Å². The van der Waals surface area contributed by atoms with Gasteiger partial charge in [0.15, 0.2) is 0 Å². The molecular formula is C24H18N3O2+. The molecule has 5 rings (SSSR count). The van der Waals surface area contributed by atoms with Gasteiger partial charge in [-0.1, -0.05) is 48.5 Å². The number of fused-ring (bicyclic) bond motifs is 3. The van der Waals surface area contributed by atoms with Crippen LogP contribution in [-0.2, 0) is 7.05 Å². The lowest BCUT2D eigenvalue weighted by molar-refractivity contribution is -0.644. The van der Waals surface area contributed by atoms with E-state index in [1.807, 2.05) is 55.7 Å². The van der Waals surface area contributed by atoms with Crippen LogP contribution in [0, 0.1) is 10.1 Å². The summed E-state index contributed by atoms with van der Waals surface area (Å²) in [6, 6.07) is 25.4. The third-order valence-electron chi connectivity index (χ3n) is 5.34. The van der Waals surface area contributed by atoms with Gasteiger partial charge in [-0.25, -0.2) is 4.57 Å². The van der Waals surface area contributed by atoms with E-state index >= 15 is 0 Å². The minimum Gasteiger partial charge on any atom is -0.258 e. The van der Waals surface area contributed by atoms with E-state index in [1.165, 1.54) is 0 Å². The Kier molecular flexibility index (Phi) is 3.88. The first-order chi connectivity index (χ1) is 14.1. The second-order valence-electron chi connectivity index (χ2n) is 7.04. The van der Waals surface area contributed by atoms with Crippen molar-refractivity contribution < 1.29 is 9.49 Å². The van der Waals surface area contributed by atoms with Crippen LogP contribution < -0.4 is 4.57 Å². The van der Waals surface area contributed by atoms with E-state index in [0.717, 1.165) is 38.8 Å². The maximum absolute atomic E-state index is 11.1. The molecule has 0 radical (unpaired) electrons. The van der Waals surface area contributed by atoms with Gasteiger partial charge in [0.25, 0.3) is 11.3 Å². The molecule has 0 unspecified atom stereocenters. The highest BCUT2D eigenvalue weighted by molar-refractivity contribution is 6.07. The van der Waals surface area contributed by atoms with Gasteiger partial charge in [-0.05, 0) is 29.3 Å². The molecule has 140 valence electrons. The Balaban J connectivity index is 1.97. The molecule has 0 spiro atoms. The average Bonchev–Trinajstić information content (AvgIpc) is 3.15. The molecule has 0 amide bonds. The molecule has 29 heavy (non-hydrogen) atoms. The lowest BCUT2D eigenvalue weighted by atomic mass is 9.91. The lowest BCUT2D eigenvalue weighted by Crippen LogP contribution is -2.26. The minimum atomic E-state index is -0.365. The summed E-state index contributed by atoms with van der Waals surface area (Å²) in [6.45, 7) is 0. The third-order valence-corrected chi connectivity index (χ3v) is 5.34. The number of non-ortho nitro benzene ring substituents is 1. The zero-order valence-corrected chi connectivity index (χ0v) is 15.8. The SMILES string of the molecule is C[n+]1ccn2c3ccccc3c(-c3ccc([N+](=O)[O-])cc3)c(-c3ccccc3)c21. The van der Waals surface area contributed by atoms with E-state index in [-0.39, 0.29) is 10.6 Å². The molecule has 0 atom stereocenters. The fourth-order valence-electron chi connectivity index (χ4n) is 4.04. The Bertz CT molecular complexity index is 1370. The highest BCUT2D eigenvalue weighted by Gasteiger charge is 2.24. The summed E-state index contributed by atoms with van der Waals surface area (Å²) >= 11 is 0. The summed E-state index contributed by atoms with van der Waals surface area (Å²) < 4.78 is 4.32. The summed E-state index contributed by atoms with van der Waals surface area (Å²) in [5.41, 5.74) is 6.49. The number of aromatic nitrogens is 2. The van der Waals surface area contributed by atoms with Crippen molar-refractivity contribution in [2.45, 2.75) is 0 Å². The second kappa shape index (κ2) is 6.56. The van der Waals surface area contributed by atoms with Crippen molar-refractivity contribution in [3.63, 3.8) is 0 Å². The Morgan fingerprint density at radius 3 is 2.21 bits per heavy atom. The first-order valence-corrected chi connectivity index (χ1v) is 9.37. The standard InChI is InChI=1S/C24H18N3O2/c1-25-15-16-26-21-10-6-5-9-20(21)22(18-11-13-19(14-12-18)27(28)29)23(24(25)26)17-7-3-2-4-8-17/h2-16H,1H3/q+1. The number of rotatable bonds is 3. The fraction of sp³-hybridized carbons (Fsp3) is 0.0417. The van der Waals surface area contributed by atoms with Gasteiger partial charge in [0.05, 0.1) is 17.5 Å². The number of para-hydroxylation sites is 1. The summed E-state index contributed by atoms with van der Waals surface area (Å²) in [5, 5.41) is 12.2. The van der Waals surface area contributed by atoms with Gasteiger partial charge in [0, 0.05) is 23.1 Å². The quantitative estimate of drug-likeness (QED) is 0.247. The lowest BCUT2D eigenvalue weighted by Gasteiger charge is -2.14. The molecule has 2 heterocycles. The van der Waals surface area contributed by atoms with Crippen molar-refractivity contribution in [3.8, 4) is 22.3 Å². The molecule has 5 nitrogen and oxygen atoms in total. The molecule has 0 aliphatic rings. The first-order valence-electron chi connectivity index (χ1n) is 9.37. The molecule has 0 aliphatic carbocycles. The van der Waals surface area contributed by atoms with E-state index in [4.69, 9.17) is 0 Å². The van der Waals surface area contributed by atoms with Crippen molar-refractivity contribution in [2.24, 2.45) is 7.05 Å².